The van der Waals surface area contributed by atoms with Crippen molar-refractivity contribution < 1.29 is 0 Å². The Hall–Kier alpha value is -3.26. The summed E-state index contributed by atoms with van der Waals surface area (Å²) in [6.07, 6.45) is 0. The second kappa shape index (κ2) is 9.98. The molecule has 0 atom stereocenters. The van der Waals surface area contributed by atoms with Gasteiger partial charge in [-0.15, -0.1) is 0 Å². The van der Waals surface area contributed by atoms with Gasteiger partial charge in [-0.2, -0.15) is 0 Å². The number of nitrogens with two attached hydrogens (primary N) is 1. The van der Waals surface area contributed by atoms with E-state index in [-0.39, 0.29) is 5.54 Å². The molecule has 3 heteroatoms. The molecule has 0 spiro atoms. The zero-order valence-electron chi connectivity index (χ0n) is 18.0. The summed E-state index contributed by atoms with van der Waals surface area (Å²) >= 11 is 0. The second-order valence-corrected chi connectivity index (χ2v) is 8.18. The number of benzene rings is 4. The van der Waals surface area contributed by atoms with Crippen LogP contribution in [0.2, 0.25) is 0 Å². The van der Waals surface area contributed by atoms with Crippen LogP contribution in [0.25, 0.3) is 21.5 Å². The lowest BCUT2D eigenvalue weighted by Crippen LogP contribution is -2.08. The lowest BCUT2D eigenvalue weighted by molar-refractivity contribution is 0.586. The van der Waals surface area contributed by atoms with E-state index in [1.807, 2.05) is 39.0 Å². The Labute approximate surface area is 179 Å². The highest BCUT2D eigenvalue weighted by atomic mass is 14.9. The Morgan fingerprint density at radius 2 is 1.20 bits per heavy atom. The Kier molecular flexibility index (Phi) is 7.13. The maximum Gasteiger partial charge on any atom is 0.0901 e. The van der Waals surface area contributed by atoms with Crippen molar-refractivity contribution in [1.82, 2.24) is 0 Å². The third-order valence-electron chi connectivity index (χ3n) is 4.69. The van der Waals surface area contributed by atoms with E-state index in [0.29, 0.717) is 13.1 Å². The lowest BCUT2D eigenvalue weighted by atomic mass is 10.1. The number of nitrogens with zero attached hydrogens (tertiary/aromatic N) is 2. The van der Waals surface area contributed by atoms with Crippen LogP contribution in [-0.4, -0.2) is 11.5 Å². The molecular formula is C27H29N3. The molecule has 0 radical (unpaired) electrons. The van der Waals surface area contributed by atoms with E-state index in [1.54, 1.807) is 0 Å². The monoisotopic (exact) mass is 395 g/mol. The van der Waals surface area contributed by atoms with Crippen molar-refractivity contribution in [1.29, 1.82) is 0 Å². The quantitative estimate of drug-likeness (QED) is 0.390. The normalized spacial score (nSPS) is 10.8. The van der Waals surface area contributed by atoms with Gasteiger partial charge in [0.15, 0.2) is 0 Å². The highest BCUT2D eigenvalue weighted by Gasteiger charge is 2.04. The molecule has 0 aliphatic rings. The first kappa shape index (κ1) is 21.4. The minimum absolute atomic E-state index is 0.109. The molecule has 0 amide bonds. The summed E-state index contributed by atoms with van der Waals surface area (Å²) < 4.78 is 0. The van der Waals surface area contributed by atoms with Gasteiger partial charge < -0.3 is 5.73 Å². The van der Waals surface area contributed by atoms with Gasteiger partial charge in [-0.3, -0.25) is 0 Å². The maximum atomic E-state index is 5.62. The van der Waals surface area contributed by atoms with Gasteiger partial charge in [0.05, 0.1) is 18.1 Å². The lowest BCUT2D eigenvalue weighted by Gasteiger charge is -2.07. The first-order valence-electron chi connectivity index (χ1n) is 10.2. The molecule has 0 saturated heterocycles. The molecule has 4 aromatic rings. The molecule has 30 heavy (non-hydrogen) atoms. The molecule has 152 valence electrons. The average Bonchev–Trinajstić information content (AvgIpc) is 2.76. The van der Waals surface area contributed by atoms with Crippen LogP contribution in [0.4, 0.5) is 0 Å². The molecule has 4 rings (SSSR count). The molecule has 0 fully saturated rings. The van der Waals surface area contributed by atoms with Crippen molar-refractivity contribution in [2.75, 3.05) is 0 Å². The zero-order chi connectivity index (χ0) is 21.4. The van der Waals surface area contributed by atoms with Crippen LogP contribution in [0.3, 0.4) is 0 Å². The molecule has 0 aromatic heterocycles. The van der Waals surface area contributed by atoms with Crippen molar-refractivity contribution in [3.63, 3.8) is 0 Å². The summed E-state index contributed by atoms with van der Waals surface area (Å²) in [5.41, 5.74) is 7.94. The van der Waals surface area contributed by atoms with Crippen molar-refractivity contribution in [2.24, 2.45) is 15.7 Å². The van der Waals surface area contributed by atoms with Crippen LogP contribution >= 0.6 is 0 Å². The van der Waals surface area contributed by atoms with Crippen molar-refractivity contribution >= 4 is 27.6 Å². The first-order chi connectivity index (χ1) is 14.5. The van der Waals surface area contributed by atoms with Crippen LogP contribution in [0.1, 0.15) is 31.9 Å². The summed E-state index contributed by atoms with van der Waals surface area (Å²) in [4.78, 5) is 8.50. The number of aliphatic imine (C=N–C) groups is 2. The summed E-state index contributed by atoms with van der Waals surface area (Å²) in [5.74, 6) is 0. The molecule has 2 N–H and O–H groups in total. The Morgan fingerprint density at radius 1 is 0.700 bits per heavy atom. The molecule has 0 bridgehead atoms. The number of fused-ring (bicyclic) bond motifs is 2. The SMILES string of the molecule is CC(C)(C)N=C=NCc1cccc2ccccc12.NCc1cccc2ccccc12. The highest BCUT2D eigenvalue weighted by molar-refractivity contribution is 5.86. The Bertz CT molecular complexity index is 1170. The van der Waals surface area contributed by atoms with E-state index in [0.717, 1.165) is 0 Å². The predicted octanol–water partition coefficient (Wildman–Crippen LogP) is 6.61. The van der Waals surface area contributed by atoms with Gasteiger partial charge in [0.1, 0.15) is 0 Å². The van der Waals surface area contributed by atoms with Gasteiger partial charge in [-0.1, -0.05) is 84.9 Å². The second-order valence-electron chi connectivity index (χ2n) is 8.18. The van der Waals surface area contributed by atoms with Gasteiger partial charge >= 0.3 is 0 Å². The van der Waals surface area contributed by atoms with Crippen LogP contribution in [0.15, 0.2) is 94.9 Å². The Balaban J connectivity index is 0.000000184. The molecule has 0 aliphatic carbocycles. The largest absolute Gasteiger partial charge is 0.326 e. The topological polar surface area (TPSA) is 50.7 Å². The number of rotatable bonds is 3. The van der Waals surface area contributed by atoms with Crippen LogP contribution in [0, 0.1) is 0 Å². The Morgan fingerprint density at radius 3 is 1.77 bits per heavy atom. The summed E-state index contributed by atoms with van der Waals surface area (Å²) in [7, 11) is 0. The van der Waals surface area contributed by atoms with Crippen LogP contribution < -0.4 is 5.73 Å². The minimum Gasteiger partial charge on any atom is -0.326 e. The fourth-order valence-corrected chi connectivity index (χ4v) is 3.21. The van der Waals surface area contributed by atoms with E-state index < -0.39 is 0 Å². The molecule has 4 aromatic carbocycles. The van der Waals surface area contributed by atoms with Gasteiger partial charge in [0.25, 0.3) is 0 Å². The van der Waals surface area contributed by atoms with Gasteiger partial charge in [-0.25, -0.2) is 9.98 Å². The number of hydrogen-bond donors (Lipinski definition) is 1. The van der Waals surface area contributed by atoms with Gasteiger partial charge in [-0.05, 0) is 53.4 Å². The molecule has 0 aliphatic heterocycles. The highest BCUT2D eigenvalue weighted by Crippen LogP contribution is 2.19. The van der Waals surface area contributed by atoms with E-state index in [4.69, 9.17) is 5.73 Å². The van der Waals surface area contributed by atoms with Crippen LogP contribution in [-0.2, 0) is 13.1 Å². The predicted molar refractivity (Wildman–Crippen MR) is 129 cm³/mol. The van der Waals surface area contributed by atoms with Gasteiger partial charge in [0.2, 0.25) is 0 Å². The summed E-state index contributed by atoms with van der Waals surface area (Å²) in [5, 5.41) is 5.03. The summed E-state index contributed by atoms with van der Waals surface area (Å²) in [6, 6.07) is 31.9. The minimum atomic E-state index is -0.109. The smallest absolute Gasteiger partial charge is 0.0901 e. The zero-order valence-corrected chi connectivity index (χ0v) is 18.0. The molecule has 0 unspecified atom stereocenters. The standard InChI is InChI=1S/C16H18N2.C11H11N/c1-16(2,3)18-12-17-11-14-9-6-8-13-7-4-5-10-15(13)14;12-8-10-6-3-5-9-4-1-2-7-11(9)10/h4-10H,11H2,1-3H3;1-7H,8,12H2. The fraction of sp³-hybridized carbons (Fsp3) is 0.222. The molecular weight excluding hydrogens is 366 g/mol. The van der Waals surface area contributed by atoms with Crippen molar-refractivity contribution in [2.45, 2.75) is 39.4 Å². The number of hydrogen-bond acceptors (Lipinski definition) is 3. The van der Waals surface area contributed by atoms with E-state index in [2.05, 4.69) is 82.7 Å². The fourth-order valence-electron chi connectivity index (χ4n) is 3.21. The molecule has 0 saturated carbocycles. The van der Waals surface area contributed by atoms with Gasteiger partial charge in [0, 0.05) is 6.54 Å². The molecule has 3 nitrogen and oxygen atoms in total. The maximum absolute atomic E-state index is 5.62. The van der Waals surface area contributed by atoms with E-state index in [1.165, 1.54) is 32.7 Å². The third-order valence-corrected chi connectivity index (χ3v) is 4.69. The average molecular weight is 396 g/mol. The third kappa shape index (κ3) is 5.87. The first-order valence-corrected chi connectivity index (χ1v) is 10.2. The van der Waals surface area contributed by atoms with E-state index >= 15 is 0 Å². The molecule has 0 heterocycles. The van der Waals surface area contributed by atoms with Crippen LogP contribution in [0.5, 0.6) is 0 Å². The summed E-state index contributed by atoms with van der Waals surface area (Å²) in [6.45, 7) is 7.34. The van der Waals surface area contributed by atoms with Crippen molar-refractivity contribution in [3.05, 3.63) is 96.1 Å². The van der Waals surface area contributed by atoms with Crippen molar-refractivity contribution in [3.8, 4) is 0 Å². The van der Waals surface area contributed by atoms with E-state index in [9.17, 15) is 0 Å².